The number of nitrogens with zero attached hydrogens (tertiary/aromatic N) is 1. The third-order valence-corrected chi connectivity index (χ3v) is 4.05. The summed E-state index contributed by atoms with van der Waals surface area (Å²) in [5, 5.41) is 1.33. The molecule has 0 saturated heterocycles. The first kappa shape index (κ1) is 14.7. The Morgan fingerprint density at radius 2 is 1.95 bits per heavy atom. The van der Waals surface area contributed by atoms with Gasteiger partial charge in [0, 0.05) is 18.3 Å². The molecule has 0 spiro atoms. The molecule has 2 nitrogen and oxygen atoms in total. The van der Waals surface area contributed by atoms with E-state index >= 15 is 0 Å². The van der Waals surface area contributed by atoms with Gasteiger partial charge < -0.3 is 9.30 Å². The Morgan fingerprint density at radius 3 is 2.77 bits per heavy atom. The maximum Gasteiger partial charge on any atom is 0.119 e. The molecule has 0 aliphatic rings. The zero-order valence-corrected chi connectivity index (χ0v) is 13.4. The fourth-order valence-corrected chi connectivity index (χ4v) is 2.79. The Morgan fingerprint density at radius 1 is 1.05 bits per heavy atom. The van der Waals surface area contributed by atoms with E-state index in [1.807, 2.05) is 12.1 Å². The van der Waals surface area contributed by atoms with Crippen molar-refractivity contribution in [3.05, 3.63) is 65.9 Å². The molecule has 1 aromatic heterocycles. The van der Waals surface area contributed by atoms with Crippen LogP contribution in [0.1, 0.15) is 24.5 Å². The van der Waals surface area contributed by atoms with Crippen LogP contribution in [0.4, 0.5) is 0 Å². The second kappa shape index (κ2) is 6.69. The molecule has 3 rings (SSSR count). The van der Waals surface area contributed by atoms with Crippen molar-refractivity contribution in [2.75, 3.05) is 6.61 Å². The number of benzene rings is 2. The van der Waals surface area contributed by atoms with Gasteiger partial charge in [-0.3, -0.25) is 0 Å². The molecule has 114 valence electrons. The topological polar surface area (TPSA) is 14.2 Å². The van der Waals surface area contributed by atoms with E-state index < -0.39 is 0 Å². The zero-order chi connectivity index (χ0) is 15.4. The lowest BCUT2D eigenvalue weighted by molar-refractivity contribution is 0.302. The summed E-state index contributed by atoms with van der Waals surface area (Å²) in [4.78, 5) is 0. The van der Waals surface area contributed by atoms with Gasteiger partial charge in [-0.15, -0.1) is 0 Å². The van der Waals surface area contributed by atoms with E-state index in [4.69, 9.17) is 4.74 Å². The SMILES string of the molecule is CCc1ccc2c(ccn2CCCOc2cccc(C)c2)c1. The Labute approximate surface area is 132 Å². The molecule has 0 atom stereocenters. The van der Waals surface area contributed by atoms with Gasteiger partial charge in [-0.2, -0.15) is 0 Å². The molecular weight excluding hydrogens is 270 g/mol. The Bertz CT molecular complexity index is 757. The minimum absolute atomic E-state index is 0.746. The fraction of sp³-hybridized carbons (Fsp3) is 0.300. The third kappa shape index (κ3) is 3.33. The molecule has 0 aliphatic carbocycles. The van der Waals surface area contributed by atoms with Crippen molar-refractivity contribution >= 4 is 10.9 Å². The maximum absolute atomic E-state index is 5.82. The molecule has 0 fully saturated rings. The molecule has 0 unspecified atom stereocenters. The van der Waals surface area contributed by atoms with Crippen LogP contribution in [-0.4, -0.2) is 11.2 Å². The van der Waals surface area contributed by atoms with Gasteiger partial charge in [-0.05, 0) is 66.6 Å². The first-order chi connectivity index (χ1) is 10.8. The highest BCUT2D eigenvalue weighted by Gasteiger charge is 2.02. The molecule has 0 saturated carbocycles. The monoisotopic (exact) mass is 293 g/mol. The van der Waals surface area contributed by atoms with Crippen LogP contribution in [0, 0.1) is 6.92 Å². The first-order valence-corrected chi connectivity index (χ1v) is 8.03. The van der Waals surface area contributed by atoms with Crippen molar-refractivity contribution in [3.8, 4) is 5.75 Å². The number of aromatic nitrogens is 1. The van der Waals surface area contributed by atoms with Crippen molar-refractivity contribution in [2.45, 2.75) is 33.2 Å². The van der Waals surface area contributed by atoms with Crippen LogP contribution in [-0.2, 0) is 13.0 Å². The van der Waals surface area contributed by atoms with Gasteiger partial charge in [0.2, 0.25) is 0 Å². The van der Waals surface area contributed by atoms with Crippen molar-refractivity contribution in [2.24, 2.45) is 0 Å². The molecule has 0 amide bonds. The summed E-state index contributed by atoms with van der Waals surface area (Å²) in [6, 6.07) is 17.2. The van der Waals surface area contributed by atoms with Gasteiger partial charge in [0.1, 0.15) is 5.75 Å². The van der Waals surface area contributed by atoms with Gasteiger partial charge in [-0.25, -0.2) is 0 Å². The maximum atomic E-state index is 5.82. The number of hydrogen-bond donors (Lipinski definition) is 0. The van der Waals surface area contributed by atoms with Crippen LogP contribution in [0.5, 0.6) is 5.75 Å². The van der Waals surface area contributed by atoms with E-state index in [0.29, 0.717) is 0 Å². The lowest BCUT2D eigenvalue weighted by Crippen LogP contribution is -2.03. The molecule has 2 aromatic carbocycles. The first-order valence-electron chi connectivity index (χ1n) is 8.03. The average molecular weight is 293 g/mol. The van der Waals surface area contributed by atoms with E-state index in [0.717, 1.165) is 31.7 Å². The number of rotatable bonds is 6. The molecule has 3 aromatic rings. The molecule has 0 aliphatic heterocycles. The lowest BCUT2D eigenvalue weighted by Gasteiger charge is -2.09. The van der Waals surface area contributed by atoms with Crippen LogP contribution in [0.25, 0.3) is 10.9 Å². The zero-order valence-electron chi connectivity index (χ0n) is 13.4. The van der Waals surface area contributed by atoms with E-state index in [9.17, 15) is 0 Å². The Balaban J connectivity index is 1.58. The lowest BCUT2D eigenvalue weighted by atomic mass is 10.1. The van der Waals surface area contributed by atoms with Gasteiger partial charge in [0.15, 0.2) is 0 Å². The highest BCUT2D eigenvalue weighted by molar-refractivity contribution is 5.80. The summed E-state index contributed by atoms with van der Waals surface area (Å²) in [6.07, 6.45) is 4.27. The summed E-state index contributed by atoms with van der Waals surface area (Å²) < 4.78 is 8.13. The average Bonchev–Trinajstić information content (AvgIpc) is 2.94. The van der Waals surface area contributed by atoms with E-state index in [-0.39, 0.29) is 0 Å². The fourth-order valence-electron chi connectivity index (χ4n) is 2.79. The van der Waals surface area contributed by atoms with Crippen molar-refractivity contribution in [1.29, 1.82) is 0 Å². The predicted molar refractivity (Wildman–Crippen MR) is 92.6 cm³/mol. The van der Waals surface area contributed by atoms with Crippen molar-refractivity contribution < 1.29 is 4.74 Å². The van der Waals surface area contributed by atoms with Gasteiger partial charge in [0.05, 0.1) is 6.61 Å². The quantitative estimate of drug-likeness (QED) is 0.585. The van der Waals surface area contributed by atoms with Gasteiger partial charge >= 0.3 is 0 Å². The molecule has 2 heteroatoms. The van der Waals surface area contributed by atoms with Crippen LogP contribution in [0.15, 0.2) is 54.7 Å². The Hall–Kier alpha value is -2.22. The predicted octanol–water partition coefficient (Wildman–Crippen LogP) is 4.98. The van der Waals surface area contributed by atoms with Crippen LogP contribution in [0.2, 0.25) is 0 Å². The number of fused-ring (bicyclic) bond motifs is 1. The third-order valence-electron chi connectivity index (χ3n) is 4.05. The van der Waals surface area contributed by atoms with Crippen LogP contribution in [0.3, 0.4) is 0 Å². The van der Waals surface area contributed by atoms with Gasteiger partial charge in [0.25, 0.3) is 0 Å². The summed E-state index contributed by atoms with van der Waals surface area (Å²) in [5.74, 6) is 0.963. The largest absolute Gasteiger partial charge is 0.494 e. The molecule has 0 N–H and O–H groups in total. The minimum atomic E-state index is 0.746. The normalized spacial score (nSPS) is 11.0. The van der Waals surface area contributed by atoms with Gasteiger partial charge in [-0.1, -0.05) is 25.1 Å². The summed E-state index contributed by atoms with van der Waals surface area (Å²) in [6.45, 7) is 6.02. The van der Waals surface area contributed by atoms with E-state index in [2.05, 4.69) is 61.0 Å². The number of ether oxygens (including phenoxy) is 1. The van der Waals surface area contributed by atoms with Crippen LogP contribution >= 0.6 is 0 Å². The Kier molecular flexibility index (Phi) is 4.47. The molecule has 0 bridgehead atoms. The number of hydrogen-bond acceptors (Lipinski definition) is 1. The summed E-state index contributed by atoms with van der Waals surface area (Å²) in [5.41, 5.74) is 3.95. The minimum Gasteiger partial charge on any atom is -0.494 e. The molecule has 22 heavy (non-hydrogen) atoms. The molecule has 1 heterocycles. The standard InChI is InChI=1S/C20H23NO/c1-3-17-8-9-20-18(15-17)10-12-21(20)11-5-13-22-19-7-4-6-16(2)14-19/h4,6-10,12,14-15H,3,5,11,13H2,1-2H3. The second-order valence-electron chi connectivity index (χ2n) is 5.77. The van der Waals surface area contributed by atoms with E-state index in [1.54, 1.807) is 0 Å². The summed E-state index contributed by atoms with van der Waals surface area (Å²) >= 11 is 0. The summed E-state index contributed by atoms with van der Waals surface area (Å²) in [7, 11) is 0. The molecule has 0 radical (unpaired) electrons. The highest BCUT2D eigenvalue weighted by Crippen LogP contribution is 2.19. The van der Waals surface area contributed by atoms with Crippen molar-refractivity contribution in [3.63, 3.8) is 0 Å². The smallest absolute Gasteiger partial charge is 0.119 e. The van der Waals surface area contributed by atoms with Crippen LogP contribution < -0.4 is 4.74 Å². The second-order valence-corrected chi connectivity index (χ2v) is 5.77. The number of aryl methyl sites for hydroxylation is 3. The molecular formula is C20H23NO. The van der Waals surface area contributed by atoms with E-state index in [1.165, 1.54) is 22.0 Å². The van der Waals surface area contributed by atoms with Crippen molar-refractivity contribution in [1.82, 2.24) is 4.57 Å². The highest BCUT2D eigenvalue weighted by atomic mass is 16.5.